The normalized spacial score (nSPS) is 14.8. The first kappa shape index (κ1) is 32.5. The van der Waals surface area contributed by atoms with Gasteiger partial charge in [-0.25, -0.2) is 8.78 Å². The van der Waals surface area contributed by atoms with Crippen molar-refractivity contribution in [3.63, 3.8) is 0 Å². The molecule has 0 spiro atoms. The van der Waals surface area contributed by atoms with Crippen LogP contribution in [0.25, 0.3) is 27.6 Å². The Kier molecular flexibility index (Phi) is 9.00. The van der Waals surface area contributed by atoms with Crippen LogP contribution in [-0.4, -0.2) is 88.0 Å². The molecule has 0 bridgehead atoms. The third-order valence-electron chi connectivity index (χ3n) is 9.34. The number of nitrogens with one attached hydrogen (secondary N) is 1. The van der Waals surface area contributed by atoms with Gasteiger partial charge in [0.25, 0.3) is 5.91 Å². The summed E-state index contributed by atoms with van der Waals surface area (Å²) in [6, 6.07) is 17.0. The Hall–Kier alpha value is -6.03. The van der Waals surface area contributed by atoms with Gasteiger partial charge in [0.05, 0.1) is 36.6 Å². The molecule has 2 aliphatic rings. The Labute approximate surface area is 287 Å². The number of nitrogens with zero attached hydrogens (tertiary/aromatic N) is 7. The average molecular weight is 677 g/mol. The van der Waals surface area contributed by atoms with Crippen molar-refractivity contribution < 1.29 is 23.1 Å². The number of carbonyl (C=O) groups is 2. The van der Waals surface area contributed by atoms with Crippen molar-refractivity contribution in [1.82, 2.24) is 29.8 Å². The summed E-state index contributed by atoms with van der Waals surface area (Å²) in [6.45, 7) is 2.61. The molecule has 4 heterocycles. The van der Waals surface area contributed by atoms with Crippen molar-refractivity contribution in [3.8, 4) is 22.9 Å². The first-order chi connectivity index (χ1) is 24.3. The van der Waals surface area contributed by atoms with Gasteiger partial charge in [-0.3, -0.25) is 14.3 Å². The van der Waals surface area contributed by atoms with Crippen LogP contribution in [0.4, 0.5) is 14.5 Å². The number of piperazine rings is 1. The molecule has 1 saturated heterocycles. The Morgan fingerprint density at radius 3 is 2.56 bits per heavy atom. The number of fused-ring (bicyclic) bond motifs is 1. The molecule has 7 rings (SSSR count). The highest BCUT2D eigenvalue weighted by atomic mass is 19.1. The molecule has 0 radical (unpaired) electrons. The zero-order valence-electron chi connectivity index (χ0n) is 27.4. The van der Waals surface area contributed by atoms with E-state index in [0.29, 0.717) is 84.8 Å². The van der Waals surface area contributed by atoms with Crippen molar-refractivity contribution in [1.29, 1.82) is 5.26 Å². The van der Waals surface area contributed by atoms with Crippen molar-refractivity contribution in [2.45, 2.75) is 19.4 Å². The van der Waals surface area contributed by atoms with E-state index in [1.807, 2.05) is 35.2 Å². The van der Waals surface area contributed by atoms with Crippen LogP contribution in [0.2, 0.25) is 0 Å². The van der Waals surface area contributed by atoms with E-state index in [1.165, 1.54) is 18.2 Å². The first-order valence-corrected chi connectivity index (χ1v) is 16.4. The van der Waals surface area contributed by atoms with Gasteiger partial charge in [-0.2, -0.15) is 5.26 Å². The minimum Gasteiger partial charge on any atom is -0.496 e. The number of aromatic amines is 1. The number of rotatable bonds is 8. The predicted octanol–water partition coefficient (Wildman–Crippen LogP) is 5.25. The summed E-state index contributed by atoms with van der Waals surface area (Å²) in [6.07, 6.45) is 6.03. The highest BCUT2D eigenvalue weighted by Crippen LogP contribution is 2.40. The number of hydrogen-bond donors (Lipinski definition) is 1. The van der Waals surface area contributed by atoms with Crippen LogP contribution in [0.15, 0.2) is 73.1 Å². The van der Waals surface area contributed by atoms with Crippen LogP contribution in [0.3, 0.4) is 0 Å². The van der Waals surface area contributed by atoms with Gasteiger partial charge in [-0.1, -0.05) is 29.5 Å². The molecular formula is C37H34F2N8O3. The summed E-state index contributed by atoms with van der Waals surface area (Å²) in [5, 5.41) is 17.8. The number of ether oxygens (including phenoxy) is 1. The molecule has 2 aliphatic heterocycles. The number of H-pyrrole nitrogens is 1. The standard InChI is InChI=1S/C37H34F2N8O3/c1-50-33-7-3-2-6-27(33)29-20-28(25-5-4-12-46(23-25)34(48)10-13-47-14-11-41-43-47)35(39)36-30(29)21-31(42-36)37(49)45-17-15-44(16-18-45)32-19-26(38)9-8-24(32)22-40/h2-3,5-9,11,14,19-21,42H,4,10,12-13,15-18,23H2,1H3. The summed E-state index contributed by atoms with van der Waals surface area (Å²) in [5.41, 5.74) is 3.69. The number of aryl methyl sites for hydroxylation is 1. The fraction of sp³-hybridized carbons (Fsp3) is 0.270. The van der Waals surface area contributed by atoms with Crippen LogP contribution < -0.4 is 9.64 Å². The SMILES string of the molecule is COc1ccccc1-c1cc(C2=CCCN(C(=O)CCn3ccnn3)C2)c(F)c2[nH]c(C(=O)N3CCN(c4cc(F)ccc4C#N)CC3)cc12. The van der Waals surface area contributed by atoms with Gasteiger partial charge in [0.1, 0.15) is 23.3 Å². The molecular weight excluding hydrogens is 642 g/mol. The van der Waals surface area contributed by atoms with Crippen molar-refractivity contribution in [2.24, 2.45) is 0 Å². The number of halogens is 2. The molecule has 1 fully saturated rings. The number of para-hydroxylation sites is 1. The lowest BCUT2D eigenvalue weighted by molar-refractivity contribution is -0.131. The van der Waals surface area contributed by atoms with Gasteiger partial charge >= 0.3 is 0 Å². The van der Waals surface area contributed by atoms with E-state index in [9.17, 15) is 19.2 Å². The Morgan fingerprint density at radius 1 is 0.980 bits per heavy atom. The predicted molar refractivity (Wildman–Crippen MR) is 183 cm³/mol. The molecule has 11 nitrogen and oxygen atoms in total. The minimum absolute atomic E-state index is 0.0633. The van der Waals surface area contributed by atoms with Crippen molar-refractivity contribution in [3.05, 3.63) is 102 Å². The van der Waals surface area contributed by atoms with Crippen molar-refractivity contribution >= 4 is 34.0 Å². The molecule has 0 unspecified atom stereocenters. The number of aromatic nitrogens is 4. The van der Waals surface area contributed by atoms with E-state index in [2.05, 4.69) is 21.4 Å². The third kappa shape index (κ3) is 6.27. The monoisotopic (exact) mass is 676 g/mol. The molecule has 0 atom stereocenters. The summed E-state index contributed by atoms with van der Waals surface area (Å²) >= 11 is 0. The summed E-state index contributed by atoms with van der Waals surface area (Å²) in [4.78, 5) is 35.4. The van der Waals surface area contributed by atoms with Crippen molar-refractivity contribution in [2.75, 3.05) is 51.3 Å². The summed E-state index contributed by atoms with van der Waals surface area (Å²) < 4.78 is 37.9. The lowest BCUT2D eigenvalue weighted by atomic mass is 9.93. The zero-order valence-corrected chi connectivity index (χ0v) is 27.4. The smallest absolute Gasteiger partial charge is 0.270 e. The van der Waals surface area contributed by atoms with E-state index < -0.39 is 11.6 Å². The summed E-state index contributed by atoms with van der Waals surface area (Å²) in [7, 11) is 1.57. The fourth-order valence-corrected chi connectivity index (χ4v) is 6.75. The third-order valence-corrected chi connectivity index (χ3v) is 9.34. The second kappa shape index (κ2) is 13.8. The highest BCUT2D eigenvalue weighted by Gasteiger charge is 2.28. The molecule has 3 aromatic carbocycles. The second-order valence-electron chi connectivity index (χ2n) is 12.3. The van der Waals surface area contributed by atoms with E-state index in [4.69, 9.17) is 4.74 Å². The number of benzene rings is 3. The molecule has 50 heavy (non-hydrogen) atoms. The van der Waals surface area contributed by atoms with Gasteiger partial charge in [0.2, 0.25) is 5.91 Å². The highest BCUT2D eigenvalue weighted by molar-refractivity contribution is 6.05. The molecule has 1 N–H and O–H groups in total. The molecule has 0 saturated carbocycles. The van der Waals surface area contributed by atoms with Gasteiger partial charge < -0.3 is 24.4 Å². The number of amides is 2. The molecule has 2 aromatic heterocycles. The van der Waals surface area contributed by atoms with Gasteiger partial charge in [-0.15, -0.1) is 5.10 Å². The maximum absolute atomic E-state index is 16.6. The minimum atomic E-state index is -0.513. The Balaban J connectivity index is 1.19. The number of hydrogen-bond acceptors (Lipinski definition) is 7. The molecule has 0 aliphatic carbocycles. The van der Waals surface area contributed by atoms with Crippen LogP contribution in [0, 0.1) is 23.0 Å². The quantitative estimate of drug-likeness (QED) is 0.238. The Bertz CT molecular complexity index is 2150. The van der Waals surface area contributed by atoms with Gasteiger partial charge in [-0.05, 0) is 54.0 Å². The lowest BCUT2D eigenvalue weighted by Gasteiger charge is -2.36. The molecule has 2 amide bonds. The average Bonchev–Trinajstić information content (AvgIpc) is 3.85. The summed E-state index contributed by atoms with van der Waals surface area (Å²) in [5.74, 6) is -0.719. The van der Waals surface area contributed by atoms with Crippen LogP contribution in [-0.2, 0) is 11.3 Å². The lowest BCUT2D eigenvalue weighted by Crippen LogP contribution is -2.49. The van der Waals surface area contributed by atoms with Crippen LogP contribution in [0.1, 0.15) is 34.5 Å². The van der Waals surface area contributed by atoms with E-state index in [1.54, 1.807) is 46.1 Å². The van der Waals surface area contributed by atoms with Crippen LogP contribution >= 0.6 is 0 Å². The second-order valence-corrected chi connectivity index (χ2v) is 12.3. The topological polar surface area (TPSA) is 123 Å². The van der Waals surface area contributed by atoms with E-state index in [0.717, 1.165) is 5.56 Å². The molecule has 13 heteroatoms. The fourth-order valence-electron chi connectivity index (χ4n) is 6.75. The maximum Gasteiger partial charge on any atom is 0.270 e. The number of carbonyl (C=O) groups excluding carboxylic acids is 2. The first-order valence-electron chi connectivity index (χ1n) is 16.4. The Morgan fingerprint density at radius 2 is 1.80 bits per heavy atom. The van der Waals surface area contributed by atoms with E-state index in [-0.39, 0.29) is 36.0 Å². The van der Waals surface area contributed by atoms with Gasteiger partial charge in [0, 0.05) is 68.4 Å². The van der Waals surface area contributed by atoms with Crippen LogP contribution in [0.5, 0.6) is 5.75 Å². The number of nitriles is 1. The zero-order chi connectivity index (χ0) is 34.8. The maximum atomic E-state index is 16.6. The number of anilines is 1. The largest absolute Gasteiger partial charge is 0.496 e. The molecule has 5 aromatic rings. The van der Waals surface area contributed by atoms with E-state index >= 15 is 4.39 Å². The number of methoxy groups -OCH3 is 1. The van der Waals surface area contributed by atoms with Gasteiger partial charge in [0.15, 0.2) is 5.82 Å². The molecule has 254 valence electrons.